The summed E-state index contributed by atoms with van der Waals surface area (Å²) in [6.07, 6.45) is 2.19. The van der Waals surface area contributed by atoms with E-state index in [0.717, 1.165) is 25.0 Å². The maximum absolute atomic E-state index is 11.5. The van der Waals surface area contributed by atoms with Crippen molar-refractivity contribution in [3.8, 4) is 0 Å². The van der Waals surface area contributed by atoms with Crippen molar-refractivity contribution in [3.05, 3.63) is 0 Å². The standard InChI is InChI=1S/C17H35N5O2/c1-14-6-11-22(12-7-14)13-10-20-15(18-5)19-8-9-21-16(23)24-17(2,3)4/h14H,6-13H2,1-5H3,(H,21,23)(H2,18,19,20). The maximum Gasteiger partial charge on any atom is 0.407 e. The summed E-state index contributed by atoms with van der Waals surface area (Å²) in [7, 11) is 1.75. The van der Waals surface area contributed by atoms with Gasteiger partial charge in [-0.15, -0.1) is 0 Å². The molecule has 1 fully saturated rings. The number of ether oxygens (including phenoxy) is 1. The predicted molar refractivity (Wildman–Crippen MR) is 98.4 cm³/mol. The van der Waals surface area contributed by atoms with E-state index in [1.807, 2.05) is 20.8 Å². The average Bonchev–Trinajstić information content (AvgIpc) is 2.49. The topological polar surface area (TPSA) is 78.0 Å². The van der Waals surface area contributed by atoms with Crippen LogP contribution < -0.4 is 16.0 Å². The third kappa shape index (κ3) is 9.60. The van der Waals surface area contributed by atoms with Gasteiger partial charge in [0.2, 0.25) is 0 Å². The molecular weight excluding hydrogens is 306 g/mol. The highest BCUT2D eigenvalue weighted by molar-refractivity contribution is 5.79. The predicted octanol–water partition coefficient (Wildman–Crippen LogP) is 1.41. The second-order valence-electron chi connectivity index (χ2n) is 7.38. The number of aliphatic imine (C=N–C) groups is 1. The van der Waals surface area contributed by atoms with Crippen molar-refractivity contribution in [3.63, 3.8) is 0 Å². The van der Waals surface area contributed by atoms with Gasteiger partial charge in [-0.1, -0.05) is 6.92 Å². The Morgan fingerprint density at radius 3 is 2.29 bits per heavy atom. The molecule has 1 amide bonds. The number of alkyl carbamates (subject to hydrolysis) is 1. The van der Waals surface area contributed by atoms with Gasteiger partial charge in [-0.05, 0) is 52.6 Å². The van der Waals surface area contributed by atoms with Gasteiger partial charge in [0.1, 0.15) is 5.60 Å². The fraction of sp³-hybridized carbons (Fsp3) is 0.882. The van der Waals surface area contributed by atoms with E-state index in [2.05, 4.69) is 32.8 Å². The van der Waals surface area contributed by atoms with Crippen molar-refractivity contribution in [1.29, 1.82) is 0 Å². The van der Waals surface area contributed by atoms with E-state index in [0.29, 0.717) is 13.1 Å². The molecule has 1 heterocycles. The summed E-state index contributed by atoms with van der Waals surface area (Å²) < 4.78 is 5.18. The minimum Gasteiger partial charge on any atom is -0.444 e. The number of guanidine groups is 1. The number of piperidine rings is 1. The molecule has 24 heavy (non-hydrogen) atoms. The number of nitrogens with zero attached hydrogens (tertiary/aromatic N) is 2. The Labute approximate surface area is 146 Å². The molecule has 0 bridgehead atoms. The van der Waals surface area contributed by atoms with Gasteiger partial charge >= 0.3 is 6.09 Å². The van der Waals surface area contributed by atoms with Crippen molar-refractivity contribution in [2.24, 2.45) is 10.9 Å². The Kier molecular flexibility index (Phi) is 8.89. The van der Waals surface area contributed by atoms with Gasteiger partial charge in [0, 0.05) is 33.2 Å². The van der Waals surface area contributed by atoms with Crippen molar-refractivity contribution in [1.82, 2.24) is 20.9 Å². The van der Waals surface area contributed by atoms with Gasteiger partial charge in [0.15, 0.2) is 5.96 Å². The molecular formula is C17H35N5O2. The summed E-state index contributed by atoms with van der Waals surface area (Å²) in [5.41, 5.74) is -0.471. The fourth-order valence-electron chi connectivity index (χ4n) is 2.50. The second kappa shape index (κ2) is 10.4. The Morgan fingerprint density at radius 1 is 1.12 bits per heavy atom. The molecule has 0 saturated carbocycles. The summed E-state index contributed by atoms with van der Waals surface area (Å²) in [6, 6.07) is 0. The van der Waals surface area contributed by atoms with E-state index < -0.39 is 11.7 Å². The van der Waals surface area contributed by atoms with Gasteiger partial charge in [0.25, 0.3) is 0 Å². The van der Waals surface area contributed by atoms with Crippen LogP contribution in [0.25, 0.3) is 0 Å². The molecule has 0 atom stereocenters. The Bertz CT molecular complexity index is 398. The zero-order chi connectivity index (χ0) is 18.0. The van der Waals surface area contributed by atoms with Crippen molar-refractivity contribution < 1.29 is 9.53 Å². The number of rotatable bonds is 6. The summed E-state index contributed by atoms with van der Waals surface area (Å²) in [6.45, 7) is 13.2. The van der Waals surface area contributed by atoms with Gasteiger partial charge in [-0.25, -0.2) is 4.79 Å². The van der Waals surface area contributed by atoms with Gasteiger partial charge in [-0.2, -0.15) is 0 Å². The molecule has 0 aliphatic carbocycles. The van der Waals surface area contributed by atoms with Gasteiger partial charge < -0.3 is 25.6 Å². The zero-order valence-electron chi connectivity index (χ0n) is 15.9. The van der Waals surface area contributed by atoms with Crippen LogP contribution in [-0.2, 0) is 4.74 Å². The van der Waals surface area contributed by atoms with Crippen LogP contribution in [0.3, 0.4) is 0 Å². The van der Waals surface area contributed by atoms with Gasteiger partial charge in [0.05, 0.1) is 0 Å². The summed E-state index contributed by atoms with van der Waals surface area (Å²) in [5, 5.41) is 9.21. The van der Waals surface area contributed by atoms with E-state index in [1.165, 1.54) is 25.9 Å². The highest BCUT2D eigenvalue weighted by Gasteiger charge is 2.16. The molecule has 140 valence electrons. The number of likely N-dealkylation sites (tertiary alicyclic amines) is 1. The molecule has 7 nitrogen and oxygen atoms in total. The molecule has 0 radical (unpaired) electrons. The molecule has 0 aromatic carbocycles. The molecule has 0 spiro atoms. The third-order valence-electron chi connectivity index (χ3n) is 3.91. The first-order valence-corrected chi connectivity index (χ1v) is 8.94. The van der Waals surface area contributed by atoms with Crippen LogP contribution >= 0.6 is 0 Å². The lowest BCUT2D eigenvalue weighted by Crippen LogP contribution is -2.45. The molecule has 1 saturated heterocycles. The van der Waals surface area contributed by atoms with Crippen LogP contribution in [0.5, 0.6) is 0 Å². The smallest absolute Gasteiger partial charge is 0.407 e. The van der Waals surface area contributed by atoms with E-state index in [4.69, 9.17) is 4.74 Å². The summed E-state index contributed by atoms with van der Waals surface area (Å²) in [4.78, 5) is 18.2. The van der Waals surface area contributed by atoms with Crippen LogP contribution in [0.2, 0.25) is 0 Å². The average molecular weight is 342 g/mol. The lowest BCUT2D eigenvalue weighted by Gasteiger charge is -2.30. The SMILES string of the molecule is CN=C(NCCNC(=O)OC(C)(C)C)NCCN1CCC(C)CC1. The van der Waals surface area contributed by atoms with E-state index in [-0.39, 0.29) is 0 Å². The number of carbonyl (C=O) groups is 1. The molecule has 3 N–H and O–H groups in total. The monoisotopic (exact) mass is 341 g/mol. The number of hydrogen-bond donors (Lipinski definition) is 3. The van der Waals surface area contributed by atoms with Crippen molar-refractivity contribution in [2.45, 2.75) is 46.1 Å². The van der Waals surface area contributed by atoms with Gasteiger partial charge in [-0.3, -0.25) is 4.99 Å². The largest absolute Gasteiger partial charge is 0.444 e. The number of hydrogen-bond acceptors (Lipinski definition) is 4. The Balaban J connectivity index is 2.09. The molecule has 1 rings (SSSR count). The normalized spacial score (nSPS) is 17.5. The minimum absolute atomic E-state index is 0.397. The molecule has 0 unspecified atom stereocenters. The van der Waals surface area contributed by atoms with Crippen molar-refractivity contribution >= 4 is 12.1 Å². The molecule has 0 aromatic heterocycles. The maximum atomic E-state index is 11.5. The van der Waals surface area contributed by atoms with E-state index >= 15 is 0 Å². The molecule has 0 aromatic rings. The highest BCUT2D eigenvalue weighted by Crippen LogP contribution is 2.14. The van der Waals surface area contributed by atoms with Crippen LogP contribution in [0, 0.1) is 5.92 Å². The number of nitrogens with one attached hydrogen (secondary N) is 3. The molecule has 7 heteroatoms. The summed E-state index contributed by atoms with van der Waals surface area (Å²) >= 11 is 0. The first-order valence-electron chi connectivity index (χ1n) is 8.94. The molecule has 1 aliphatic rings. The first kappa shape index (κ1) is 20.5. The van der Waals surface area contributed by atoms with Crippen LogP contribution in [0.15, 0.2) is 4.99 Å². The van der Waals surface area contributed by atoms with Crippen LogP contribution in [-0.4, -0.2) is 68.9 Å². The fourth-order valence-corrected chi connectivity index (χ4v) is 2.50. The minimum atomic E-state index is -0.471. The van der Waals surface area contributed by atoms with Crippen LogP contribution in [0.1, 0.15) is 40.5 Å². The van der Waals surface area contributed by atoms with Crippen LogP contribution in [0.4, 0.5) is 4.79 Å². The lowest BCUT2D eigenvalue weighted by atomic mass is 9.99. The third-order valence-corrected chi connectivity index (χ3v) is 3.91. The number of carbonyl (C=O) groups excluding carboxylic acids is 1. The Morgan fingerprint density at radius 2 is 1.71 bits per heavy atom. The van der Waals surface area contributed by atoms with E-state index in [1.54, 1.807) is 7.05 Å². The van der Waals surface area contributed by atoms with Crippen molar-refractivity contribution in [2.75, 3.05) is 46.3 Å². The van der Waals surface area contributed by atoms with E-state index in [9.17, 15) is 4.79 Å². The lowest BCUT2D eigenvalue weighted by molar-refractivity contribution is 0.0529. The summed E-state index contributed by atoms with van der Waals surface area (Å²) in [5.74, 6) is 1.62. The second-order valence-corrected chi connectivity index (χ2v) is 7.38. The highest BCUT2D eigenvalue weighted by atomic mass is 16.6. The quantitative estimate of drug-likeness (QED) is 0.387. The first-order chi connectivity index (χ1) is 11.3. The number of amides is 1. The molecule has 1 aliphatic heterocycles. The Hall–Kier alpha value is -1.50. The zero-order valence-corrected chi connectivity index (χ0v) is 15.9.